The Hall–Kier alpha value is -2.34. The number of nitrogens with one attached hydrogen (secondary N) is 1. The molecule has 3 nitrogen and oxygen atoms in total. The van der Waals surface area contributed by atoms with Crippen LogP contribution in [0.3, 0.4) is 0 Å². The molecule has 2 aromatic rings. The number of benzene rings is 2. The number of carbonyl (C=O) groups is 1. The highest BCUT2D eigenvalue weighted by molar-refractivity contribution is 7.80. The molecule has 0 radical (unpaired) electrons. The first kappa shape index (κ1) is 15.1. The summed E-state index contributed by atoms with van der Waals surface area (Å²) in [5.41, 5.74) is 6.86. The second-order valence-corrected chi connectivity index (χ2v) is 4.85. The summed E-state index contributed by atoms with van der Waals surface area (Å²) in [6.07, 6.45) is 0.0639. The minimum Gasteiger partial charge on any atom is -0.389 e. The van der Waals surface area contributed by atoms with Gasteiger partial charge in [0.2, 0.25) is 5.91 Å². The Morgan fingerprint density at radius 2 is 1.81 bits per heavy atom. The second-order valence-electron chi connectivity index (χ2n) is 4.41. The lowest BCUT2D eigenvalue weighted by Crippen LogP contribution is -2.15. The maximum absolute atomic E-state index is 13.4. The number of halogens is 2. The molecule has 3 N–H and O–H groups in total. The Labute approximate surface area is 125 Å². The smallest absolute Gasteiger partial charge is 0.228 e. The highest BCUT2D eigenvalue weighted by Gasteiger charge is 2.09. The van der Waals surface area contributed by atoms with Crippen molar-refractivity contribution >= 4 is 28.8 Å². The van der Waals surface area contributed by atoms with Gasteiger partial charge in [0.1, 0.15) is 16.6 Å². The van der Waals surface area contributed by atoms with Crippen molar-refractivity contribution in [2.24, 2.45) is 5.73 Å². The van der Waals surface area contributed by atoms with Crippen LogP contribution in [0.25, 0.3) is 0 Å². The van der Waals surface area contributed by atoms with Crippen molar-refractivity contribution in [2.45, 2.75) is 6.42 Å². The highest BCUT2D eigenvalue weighted by Crippen LogP contribution is 2.15. The van der Waals surface area contributed by atoms with E-state index in [1.54, 1.807) is 24.3 Å². The van der Waals surface area contributed by atoms with Gasteiger partial charge in [0.15, 0.2) is 0 Å². The molecule has 108 valence electrons. The summed E-state index contributed by atoms with van der Waals surface area (Å²) in [6.45, 7) is 0. The molecule has 0 atom stereocenters. The van der Waals surface area contributed by atoms with E-state index in [0.29, 0.717) is 11.6 Å². The van der Waals surface area contributed by atoms with E-state index < -0.39 is 17.5 Å². The fourth-order valence-electron chi connectivity index (χ4n) is 1.76. The molecule has 0 spiro atoms. The molecule has 0 unspecified atom stereocenters. The van der Waals surface area contributed by atoms with Crippen molar-refractivity contribution in [3.8, 4) is 0 Å². The summed E-state index contributed by atoms with van der Waals surface area (Å²) in [4.78, 5) is 12.1. The normalized spacial score (nSPS) is 10.2. The quantitative estimate of drug-likeness (QED) is 0.854. The van der Waals surface area contributed by atoms with Gasteiger partial charge in [-0.15, -0.1) is 0 Å². The minimum absolute atomic E-state index is 0.0545. The summed E-state index contributed by atoms with van der Waals surface area (Å²) < 4.78 is 26.2. The van der Waals surface area contributed by atoms with E-state index in [1.165, 1.54) is 6.07 Å². The zero-order chi connectivity index (χ0) is 15.4. The van der Waals surface area contributed by atoms with Gasteiger partial charge in [-0.2, -0.15) is 0 Å². The van der Waals surface area contributed by atoms with Gasteiger partial charge in [-0.25, -0.2) is 8.78 Å². The zero-order valence-electron chi connectivity index (χ0n) is 10.9. The summed E-state index contributed by atoms with van der Waals surface area (Å²) in [5.74, 6) is -1.91. The molecule has 21 heavy (non-hydrogen) atoms. The van der Waals surface area contributed by atoms with Crippen molar-refractivity contribution in [3.05, 3.63) is 65.2 Å². The van der Waals surface area contributed by atoms with E-state index in [0.717, 1.165) is 11.6 Å². The van der Waals surface area contributed by atoms with Crippen LogP contribution in [-0.4, -0.2) is 10.9 Å². The van der Waals surface area contributed by atoms with Crippen molar-refractivity contribution in [3.63, 3.8) is 0 Å². The first-order valence-corrected chi connectivity index (χ1v) is 6.50. The SMILES string of the molecule is NC(=S)c1ccc(CC(=O)Nc2ccc(F)cc2F)cc1. The van der Waals surface area contributed by atoms with E-state index in [1.807, 2.05) is 0 Å². The number of hydrogen-bond acceptors (Lipinski definition) is 2. The maximum Gasteiger partial charge on any atom is 0.228 e. The van der Waals surface area contributed by atoms with Crippen LogP contribution in [0.4, 0.5) is 14.5 Å². The van der Waals surface area contributed by atoms with E-state index in [2.05, 4.69) is 5.32 Å². The third kappa shape index (κ3) is 4.06. The second kappa shape index (κ2) is 6.41. The standard InChI is InChI=1S/C15H12F2N2OS/c16-11-5-6-13(12(17)8-11)19-14(20)7-9-1-3-10(4-2-9)15(18)21/h1-6,8H,7H2,(H2,18,21)(H,19,20). The predicted molar refractivity (Wildman–Crippen MR) is 81.0 cm³/mol. The molecular formula is C15H12F2N2OS. The Morgan fingerprint density at radius 1 is 1.14 bits per heavy atom. The Morgan fingerprint density at radius 3 is 2.38 bits per heavy atom. The maximum atomic E-state index is 13.4. The van der Waals surface area contributed by atoms with E-state index in [9.17, 15) is 13.6 Å². The van der Waals surface area contributed by atoms with E-state index >= 15 is 0 Å². The molecule has 1 amide bonds. The molecule has 0 aliphatic rings. The van der Waals surface area contributed by atoms with Crippen LogP contribution in [0.5, 0.6) is 0 Å². The molecule has 0 aliphatic carbocycles. The lowest BCUT2D eigenvalue weighted by molar-refractivity contribution is -0.115. The average molecular weight is 306 g/mol. The van der Waals surface area contributed by atoms with Crippen LogP contribution >= 0.6 is 12.2 Å². The molecule has 2 aromatic carbocycles. The lowest BCUT2D eigenvalue weighted by atomic mass is 10.1. The van der Waals surface area contributed by atoms with E-state index in [4.69, 9.17) is 18.0 Å². The third-order valence-electron chi connectivity index (χ3n) is 2.81. The van der Waals surface area contributed by atoms with Crippen LogP contribution in [-0.2, 0) is 11.2 Å². The van der Waals surface area contributed by atoms with Gasteiger partial charge < -0.3 is 11.1 Å². The number of hydrogen-bond donors (Lipinski definition) is 2. The summed E-state index contributed by atoms with van der Waals surface area (Å²) >= 11 is 4.83. The molecule has 2 rings (SSSR count). The van der Waals surface area contributed by atoms with Crippen molar-refractivity contribution in [1.82, 2.24) is 0 Å². The molecule has 0 bridgehead atoms. The molecule has 0 saturated carbocycles. The van der Waals surface area contributed by atoms with Crippen molar-refractivity contribution in [1.29, 1.82) is 0 Å². The van der Waals surface area contributed by atoms with Gasteiger partial charge >= 0.3 is 0 Å². The van der Waals surface area contributed by atoms with Crippen LogP contribution < -0.4 is 11.1 Å². The monoisotopic (exact) mass is 306 g/mol. The Kier molecular flexibility index (Phi) is 4.59. The predicted octanol–water partition coefficient (Wildman–Crippen LogP) is 2.78. The number of anilines is 1. The molecule has 6 heteroatoms. The number of rotatable bonds is 4. The molecular weight excluding hydrogens is 294 g/mol. The van der Waals surface area contributed by atoms with Gasteiger partial charge in [-0.05, 0) is 17.7 Å². The first-order valence-electron chi connectivity index (χ1n) is 6.09. The van der Waals surface area contributed by atoms with Crippen LogP contribution in [0.1, 0.15) is 11.1 Å². The third-order valence-corrected chi connectivity index (χ3v) is 3.04. The van der Waals surface area contributed by atoms with Gasteiger partial charge in [0.25, 0.3) is 0 Å². The molecule has 0 fully saturated rings. The van der Waals surface area contributed by atoms with Crippen LogP contribution in [0.15, 0.2) is 42.5 Å². The fourth-order valence-corrected chi connectivity index (χ4v) is 1.89. The molecule has 0 aliphatic heterocycles. The van der Waals surface area contributed by atoms with Crippen LogP contribution in [0, 0.1) is 11.6 Å². The average Bonchev–Trinajstić information content (AvgIpc) is 2.42. The number of amides is 1. The zero-order valence-corrected chi connectivity index (χ0v) is 11.7. The number of carbonyl (C=O) groups excluding carboxylic acids is 1. The summed E-state index contributed by atoms with van der Waals surface area (Å²) in [6, 6.07) is 9.83. The van der Waals surface area contributed by atoms with Crippen molar-refractivity contribution < 1.29 is 13.6 Å². The topological polar surface area (TPSA) is 55.1 Å². The molecule has 0 heterocycles. The molecule has 0 saturated heterocycles. The minimum atomic E-state index is -0.813. The molecule has 0 aromatic heterocycles. The van der Waals surface area contributed by atoms with Gasteiger partial charge in [0.05, 0.1) is 12.1 Å². The lowest BCUT2D eigenvalue weighted by Gasteiger charge is -2.07. The Bertz CT molecular complexity index is 687. The van der Waals surface area contributed by atoms with Gasteiger partial charge in [-0.1, -0.05) is 36.5 Å². The number of thiocarbonyl (C=S) groups is 1. The largest absolute Gasteiger partial charge is 0.389 e. The first-order chi connectivity index (χ1) is 9.95. The van der Waals surface area contributed by atoms with Gasteiger partial charge in [0, 0.05) is 11.6 Å². The summed E-state index contributed by atoms with van der Waals surface area (Å²) in [7, 11) is 0. The van der Waals surface area contributed by atoms with Gasteiger partial charge in [-0.3, -0.25) is 4.79 Å². The van der Waals surface area contributed by atoms with Crippen molar-refractivity contribution in [2.75, 3.05) is 5.32 Å². The van der Waals surface area contributed by atoms with E-state index in [-0.39, 0.29) is 17.1 Å². The van der Waals surface area contributed by atoms with Crippen LogP contribution in [0.2, 0.25) is 0 Å². The number of nitrogens with two attached hydrogens (primary N) is 1. The Balaban J connectivity index is 2.02. The highest BCUT2D eigenvalue weighted by atomic mass is 32.1. The summed E-state index contributed by atoms with van der Waals surface area (Å²) in [5, 5.41) is 2.39. The fraction of sp³-hybridized carbons (Fsp3) is 0.0667.